The summed E-state index contributed by atoms with van der Waals surface area (Å²) in [5.74, 6) is -13.5. The third kappa shape index (κ3) is 37.7. The monoisotopic (exact) mass is 1900 g/mol. The molecule has 34 nitrogen and oxygen atoms in total. The second-order valence-electron chi connectivity index (χ2n) is 34.4. The zero-order chi connectivity index (χ0) is 102. The molecule has 0 fully saturated rings. The molecule has 0 saturated heterocycles. The smallest absolute Gasteiger partial charge is 0.348 e. The summed E-state index contributed by atoms with van der Waals surface area (Å²) in [5, 5.41) is 170. The number of phenols is 8. The molecule has 0 saturated carbocycles. The maximum atomic E-state index is 11.8. The van der Waals surface area contributed by atoms with Gasteiger partial charge in [0.05, 0.1) is 19.8 Å². The molecule has 6 atom stereocenters. The van der Waals surface area contributed by atoms with Crippen LogP contribution in [-0.2, 0) is 88.1 Å². The molecular formula is C101H141NO33. The Morgan fingerprint density at radius 3 is 1.26 bits per heavy atom. The number of esters is 1. The number of ether oxygens (including phenoxy) is 4. The molecule has 2 aliphatic heterocycles. The molecule has 6 unspecified atom stereocenters. The molecule has 8 rings (SSSR count). The third-order valence-electron chi connectivity index (χ3n) is 23.2. The fourth-order valence-corrected chi connectivity index (χ4v) is 15.8. The standard InChI is InChI=1S/C18H25NO5.C17H24O5.C17H26O5.C17H24O5.C16H20O7.C16H22O6/c1-3-10(2)6-4-5-7-11-8-13(20)15(18(22)23)16-12(11)9-14(24-16)17(19)21;1-3-5-11(2)8-13-10-15(18)14(17(21)22)9-12(13)6-4-7-16(19)20;1-3-4-11(2)7-13-9-16(20)15(17(21)22)8-12(13)5-6-14(19)10-18;1-3-4-5-6-7-8-12-10-14(19)15(17(21)22)16(20)13(12)9-11(2)18;1-2-3-4-5-6-9-7-10(17)12(16(20)21)14-13(9)22-8-11(23-14)15(18)19;1-3-4-5-6-7-8-10-9-11(17)13(15(19)20)14(18)12(10)16(21)22-2/h8,10,14,20H,3-7,9H2,1-2H3,(H2,19,21)(H,22,23);9-11,18H,3-8H2,1-2H3,(H,19,20)(H,21,22);8-9,11,14,18-20H,3-7,10H2,1-2H3,(H,21,22);10,19-20H,3-9H2,1-2H3,(H,21,22);7,11,17H,2-6,8H2,1H3,(H,18,19)(H,20,21);9,17-18H,3-8H2,1-2H3,(H,19,20). The number of ketones is 1. The van der Waals surface area contributed by atoms with Gasteiger partial charge in [-0.05, 0) is 202 Å². The van der Waals surface area contributed by atoms with Crippen LogP contribution < -0.4 is 19.9 Å². The quantitative estimate of drug-likeness (QED) is 0.0125. The average molecular weight is 1900 g/mol. The summed E-state index contributed by atoms with van der Waals surface area (Å²) in [5.41, 5.74) is 9.81. The van der Waals surface area contributed by atoms with Gasteiger partial charge in [-0.1, -0.05) is 178 Å². The van der Waals surface area contributed by atoms with E-state index in [-0.39, 0.29) is 95.0 Å². The summed E-state index contributed by atoms with van der Waals surface area (Å²) >= 11 is 0. The van der Waals surface area contributed by atoms with E-state index in [1.807, 2.05) is 0 Å². The number of aliphatic carboxylic acids is 2. The Hall–Kier alpha value is -12.6. The molecule has 748 valence electrons. The number of carbonyl (C=O) groups is 11. The Kier molecular flexibility index (Phi) is 51.7. The van der Waals surface area contributed by atoms with Crippen LogP contribution in [0.3, 0.4) is 0 Å². The predicted molar refractivity (Wildman–Crippen MR) is 502 cm³/mol. The van der Waals surface area contributed by atoms with Crippen LogP contribution in [0.15, 0.2) is 48.5 Å². The number of amides is 1. The number of carbonyl (C=O) groups excluding carboxylic acids is 3. The Morgan fingerprint density at radius 1 is 0.407 bits per heavy atom. The normalized spacial score (nSPS) is 13.5. The van der Waals surface area contributed by atoms with Crippen molar-refractivity contribution in [3.8, 4) is 63.2 Å². The Morgan fingerprint density at radius 2 is 0.815 bits per heavy atom. The Labute approximate surface area is 787 Å². The minimum Gasteiger partial charge on any atom is -0.507 e. The number of aliphatic hydroxyl groups is 2. The lowest BCUT2D eigenvalue weighted by atomic mass is 9.90. The highest BCUT2D eigenvalue weighted by Gasteiger charge is 2.38. The maximum Gasteiger partial charge on any atom is 0.348 e. The number of benzene rings is 6. The molecule has 0 aliphatic carbocycles. The molecule has 34 heteroatoms. The van der Waals surface area contributed by atoms with E-state index in [1.54, 1.807) is 0 Å². The number of aliphatic hydroxyl groups excluding tert-OH is 2. The number of methoxy groups -OCH3 is 1. The number of hydrogen-bond acceptors (Lipinski definition) is 25. The van der Waals surface area contributed by atoms with Gasteiger partial charge in [0.1, 0.15) is 103 Å². The number of aromatic carboxylic acids is 6. The molecule has 0 aromatic heterocycles. The third-order valence-corrected chi connectivity index (χ3v) is 23.2. The summed E-state index contributed by atoms with van der Waals surface area (Å²) in [6.45, 7) is 20.1. The molecule has 6 aromatic rings. The number of carboxylic acids is 8. The SMILES string of the molecule is CCC(C)CCCCc1cc(O)c(C(=O)O)c2c1CC(C(N)=O)O2.CCCC(C)Cc1cc(O)c(C(=O)O)cc1CCC(O)CO.CCCC(C)Cc1cc(O)c(C(=O)O)cc1CCCC(=O)O.CCCCCCCc1cc(O)c(C(=O)O)c(O)c1C(=O)OC.CCCCCCCc1cc(O)c(C(=O)O)c(O)c1CC(C)=O.CCCCCCc1cc(O)c(C(=O)O)c2c1OCC(C(=O)O)O2. The first-order valence-corrected chi connectivity index (χ1v) is 46.4. The van der Waals surface area contributed by atoms with Crippen molar-refractivity contribution in [1.82, 2.24) is 0 Å². The van der Waals surface area contributed by atoms with E-state index in [0.29, 0.717) is 96.9 Å². The van der Waals surface area contributed by atoms with E-state index in [0.717, 1.165) is 189 Å². The number of rotatable bonds is 50. The van der Waals surface area contributed by atoms with E-state index >= 15 is 0 Å². The number of carboxylic acid groups (broad SMARTS) is 8. The summed E-state index contributed by atoms with van der Waals surface area (Å²) in [4.78, 5) is 123. The molecule has 0 spiro atoms. The van der Waals surface area contributed by atoms with Crippen molar-refractivity contribution < 1.29 is 164 Å². The Balaban J connectivity index is 0.000000417. The van der Waals surface area contributed by atoms with Gasteiger partial charge in [0.2, 0.25) is 6.10 Å². The minimum absolute atomic E-state index is 0.0311. The number of hydrogen-bond donors (Lipinski definition) is 19. The number of Topliss-reactive ketones (excluding diaryl/α,β-unsaturated/α-hetero) is 1. The van der Waals surface area contributed by atoms with Gasteiger partial charge in [0.15, 0.2) is 17.6 Å². The van der Waals surface area contributed by atoms with Crippen LogP contribution in [0.5, 0.6) is 63.2 Å². The van der Waals surface area contributed by atoms with Gasteiger partial charge in [0.25, 0.3) is 5.91 Å². The van der Waals surface area contributed by atoms with Gasteiger partial charge >= 0.3 is 53.7 Å². The van der Waals surface area contributed by atoms with E-state index in [2.05, 4.69) is 67.1 Å². The fraction of sp³-hybridized carbons (Fsp3) is 0.535. The molecule has 0 bridgehead atoms. The summed E-state index contributed by atoms with van der Waals surface area (Å²) < 4.78 is 20.8. The van der Waals surface area contributed by atoms with Crippen LogP contribution in [0.4, 0.5) is 0 Å². The molecule has 2 heterocycles. The second kappa shape index (κ2) is 59.9. The second-order valence-corrected chi connectivity index (χ2v) is 34.4. The summed E-state index contributed by atoms with van der Waals surface area (Å²) in [6, 6.07) is 11.4. The zero-order valence-corrected chi connectivity index (χ0v) is 79.5. The number of fused-ring (bicyclic) bond motifs is 2. The van der Waals surface area contributed by atoms with Crippen LogP contribution in [0.25, 0.3) is 0 Å². The topological polar surface area (TPSA) is 615 Å². The van der Waals surface area contributed by atoms with Crippen molar-refractivity contribution in [1.29, 1.82) is 0 Å². The fourth-order valence-electron chi connectivity index (χ4n) is 15.8. The number of unbranched alkanes of at least 4 members (excludes halogenated alkanes) is 12. The molecule has 20 N–H and O–H groups in total. The van der Waals surface area contributed by atoms with Crippen molar-refractivity contribution >= 4 is 65.4 Å². The first kappa shape index (κ1) is 117. The predicted octanol–water partition coefficient (Wildman–Crippen LogP) is 17.4. The lowest BCUT2D eigenvalue weighted by molar-refractivity contribution is -0.147. The number of aromatic hydroxyl groups is 8. The highest BCUT2D eigenvalue weighted by Crippen LogP contribution is 2.46. The molecule has 0 radical (unpaired) electrons. The minimum atomic E-state index is -1.50. The van der Waals surface area contributed by atoms with Crippen molar-refractivity contribution in [3.05, 3.63) is 143 Å². The van der Waals surface area contributed by atoms with E-state index in [9.17, 15) is 109 Å². The summed E-state index contributed by atoms with van der Waals surface area (Å²) in [6.07, 6.45) is 25.8. The van der Waals surface area contributed by atoms with Crippen molar-refractivity contribution in [2.75, 3.05) is 20.3 Å². The lowest BCUT2D eigenvalue weighted by Crippen LogP contribution is -2.37. The summed E-state index contributed by atoms with van der Waals surface area (Å²) in [7, 11) is 1.15. The lowest BCUT2D eigenvalue weighted by Gasteiger charge is -2.27. The van der Waals surface area contributed by atoms with Gasteiger partial charge in [0, 0.05) is 36.0 Å². The zero-order valence-electron chi connectivity index (χ0n) is 79.5. The van der Waals surface area contributed by atoms with Crippen molar-refractivity contribution in [3.63, 3.8) is 0 Å². The molecule has 6 aromatic carbocycles. The van der Waals surface area contributed by atoms with Gasteiger partial charge < -0.3 is 117 Å². The van der Waals surface area contributed by atoms with E-state index in [1.165, 1.54) is 55.5 Å². The molecule has 2 aliphatic rings. The largest absolute Gasteiger partial charge is 0.507 e. The van der Waals surface area contributed by atoms with Crippen LogP contribution in [-0.4, -0.2) is 196 Å². The van der Waals surface area contributed by atoms with Gasteiger partial charge in [-0.15, -0.1) is 0 Å². The van der Waals surface area contributed by atoms with E-state index < -0.39 is 123 Å². The molecular weight excluding hydrogens is 1760 g/mol. The number of nitrogens with two attached hydrogens (primary N) is 1. The number of primary amides is 1. The van der Waals surface area contributed by atoms with Gasteiger partial charge in [-0.3, -0.25) is 14.4 Å². The molecule has 135 heavy (non-hydrogen) atoms. The van der Waals surface area contributed by atoms with Gasteiger partial charge in [-0.2, -0.15) is 0 Å². The average Bonchev–Trinajstić information content (AvgIpc) is 1.75. The maximum absolute atomic E-state index is 11.8. The highest BCUT2D eigenvalue weighted by molar-refractivity contribution is 6.03. The van der Waals surface area contributed by atoms with Crippen LogP contribution in [0.1, 0.15) is 358 Å². The van der Waals surface area contributed by atoms with Crippen LogP contribution >= 0.6 is 0 Å². The Bertz CT molecular complexity index is 4950. The van der Waals surface area contributed by atoms with Crippen LogP contribution in [0, 0.1) is 17.8 Å². The van der Waals surface area contributed by atoms with Crippen molar-refractivity contribution in [2.45, 2.75) is 312 Å². The molecule has 1 amide bonds. The first-order chi connectivity index (χ1) is 63.8. The van der Waals surface area contributed by atoms with Crippen molar-refractivity contribution in [2.24, 2.45) is 23.5 Å². The van der Waals surface area contributed by atoms with Crippen LogP contribution in [0.2, 0.25) is 0 Å². The first-order valence-electron chi connectivity index (χ1n) is 46.4. The van der Waals surface area contributed by atoms with E-state index in [4.69, 9.17) is 55.7 Å². The number of aryl methyl sites for hydroxylation is 6. The highest BCUT2D eigenvalue weighted by atomic mass is 16.6. The van der Waals surface area contributed by atoms with Gasteiger partial charge in [-0.25, -0.2) is 38.4 Å².